The van der Waals surface area contributed by atoms with E-state index in [1.165, 1.54) is 5.69 Å². The van der Waals surface area contributed by atoms with Crippen LogP contribution in [0, 0.1) is 4.77 Å². The lowest BCUT2D eigenvalue weighted by Crippen LogP contribution is -2.18. The highest BCUT2D eigenvalue weighted by Crippen LogP contribution is 2.22. The van der Waals surface area contributed by atoms with Crippen LogP contribution in [0.2, 0.25) is 0 Å². The van der Waals surface area contributed by atoms with Gasteiger partial charge in [0.1, 0.15) is 6.33 Å². The van der Waals surface area contributed by atoms with Crippen LogP contribution < -0.4 is 0 Å². The molecule has 0 radical (unpaired) electrons. The first-order chi connectivity index (χ1) is 8.38. The van der Waals surface area contributed by atoms with Gasteiger partial charge in [0.15, 0.2) is 10.6 Å². The molecule has 0 atom stereocenters. The van der Waals surface area contributed by atoms with E-state index in [0.717, 1.165) is 23.6 Å². The van der Waals surface area contributed by atoms with Crippen LogP contribution in [0.3, 0.4) is 0 Å². The van der Waals surface area contributed by atoms with Gasteiger partial charge in [0.2, 0.25) is 0 Å². The van der Waals surface area contributed by atoms with E-state index >= 15 is 0 Å². The number of hydrogen-bond acceptors (Lipinski definition) is 3. The van der Waals surface area contributed by atoms with Gasteiger partial charge in [-0.1, -0.05) is 20.8 Å². The first kappa shape index (κ1) is 13.0. The minimum atomic E-state index is 0.0745. The summed E-state index contributed by atoms with van der Waals surface area (Å²) in [6, 6.07) is 0. The van der Waals surface area contributed by atoms with E-state index in [1.54, 1.807) is 11.0 Å². The van der Waals surface area contributed by atoms with Gasteiger partial charge in [0.25, 0.3) is 0 Å². The highest BCUT2D eigenvalue weighted by molar-refractivity contribution is 7.71. The summed E-state index contributed by atoms with van der Waals surface area (Å²) in [5, 5.41) is 4.28. The van der Waals surface area contributed by atoms with Crippen molar-refractivity contribution in [3.05, 3.63) is 28.8 Å². The first-order valence-electron chi connectivity index (χ1n) is 6.01. The van der Waals surface area contributed by atoms with E-state index in [1.807, 2.05) is 13.2 Å². The van der Waals surface area contributed by atoms with Gasteiger partial charge in [-0.3, -0.25) is 4.68 Å². The largest absolute Gasteiger partial charge is 0.337 e. The molecule has 0 bridgehead atoms. The average Bonchev–Trinajstić information content (AvgIpc) is 2.81. The molecule has 0 unspecified atom stereocenters. The molecule has 2 aromatic heterocycles. The minimum absolute atomic E-state index is 0.0745. The second-order valence-corrected chi connectivity index (χ2v) is 5.85. The Balaban J connectivity index is 2.19. The van der Waals surface area contributed by atoms with Gasteiger partial charge in [-0.15, -0.1) is 0 Å². The third kappa shape index (κ3) is 2.69. The number of H-pyrrole nitrogens is 1. The standard InChI is InChI=1S/C12H19N5S/c1-12(2,3)9-7-13-11(18)17(9)6-5-10-14-8-16(4)15-10/h7-8H,5-6H2,1-4H3,(H,13,18). The van der Waals surface area contributed by atoms with Crippen molar-refractivity contribution in [3.63, 3.8) is 0 Å². The Morgan fingerprint density at radius 2 is 2.11 bits per heavy atom. The van der Waals surface area contributed by atoms with Crippen LogP contribution in [0.5, 0.6) is 0 Å². The maximum Gasteiger partial charge on any atom is 0.177 e. The summed E-state index contributed by atoms with van der Waals surface area (Å²) in [5.41, 5.74) is 1.29. The van der Waals surface area contributed by atoms with Gasteiger partial charge in [-0.2, -0.15) is 5.10 Å². The van der Waals surface area contributed by atoms with Crippen molar-refractivity contribution in [1.29, 1.82) is 0 Å². The summed E-state index contributed by atoms with van der Waals surface area (Å²) in [5.74, 6) is 0.848. The molecule has 0 fully saturated rings. The number of aromatic amines is 1. The lowest BCUT2D eigenvalue weighted by atomic mass is 9.92. The SMILES string of the molecule is Cn1cnc(CCn2c(C(C)(C)C)c[nH]c2=S)n1. The van der Waals surface area contributed by atoms with Gasteiger partial charge in [0, 0.05) is 37.3 Å². The lowest BCUT2D eigenvalue weighted by Gasteiger charge is -2.20. The molecule has 0 saturated heterocycles. The molecule has 0 saturated carbocycles. The van der Waals surface area contributed by atoms with E-state index in [-0.39, 0.29) is 5.41 Å². The average molecular weight is 265 g/mol. The monoisotopic (exact) mass is 265 g/mol. The topological polar surface area (TPSA) is 51.4 Å². The van der Waals surface area contributed by atoms with Crippen LogP contribution >= 0.6 is 12.2 Å². The fourth-order valence-electron chi connectivity index (χ4n) is 1.95. The predicted molar refractivity (Wildman–Crippen MR) is 73.0 cm³/mol. The Bertz CT molecular complexity index is 584. The maximum atomic E-state index is 5.32. The van der Waals surface area contributed by atoms with E-state index in [2.05, 4.69) is 40.4 Å². The molecule has 0 amide bonds. The van der Waals surface area contributed by atoms with Crippen LogP contribution in [-0.2, 0) is 25.4 Å². The van der Waals surface area contributed by atoms with Crippen molar-refractivity contribution in [1.82, 2.24) is 24.3 Å². The summed E-state index contributed by atoms with van der Waals surface area (Å²) >= 11 is 5.32. The van der Waals surface area contributed by atoms with E-state index in [9.17, 15) is 0 Å². The number of nitrogens with zero attached hydrogens (tertiary/aromatic N) is 4. The molecule has 18 heavy (non-hydrogen) atoms. The maximum absolute atomic E-state index is 5.32. The highest BCUT2D eigenvalue weighted by Gasteiger charge is 2.19. The molecule has 2 rings (SSSR count). The van der Waals surface area contributed by atoms with Crippen molar-refractivity contribution in [3.8, 4) is 0 Å². The molecule has 0 aliphatic rings. The van der Waals surface area contributed by atoms with Crippen molar-refractivity contribution < 1.29 is 0 Å². The van der Waals surface area contributed by atoms with Gasteiger partial charge in [-0.25, -0.2) is 4.98 Å². The van der Waals surface area contributed by atoms with Crippen molar-refractivity contribution in [2.75, 3.05) is 0 Å². The van der Waals surface area contributed by atoms with E-state index < -0.39 is 0 Å². The molecule has 0 aromatic carbocycles. The highest BCUT2D eigenvalue weighted by atomic mass is 32.1. The zero-order chi connectivity index (χ0) is 13.3. The van der Waals surface area contributed by atoms with Gasteiger partial charge < -0.3 is 9.55 Å². The van der Waals surface area contributed by atoms with Crippen LogP contribution in [0.1, 0.15) is 32.3 Å². The fourth-order valence-corrected chi connectivity index (χ4v) is 2.20. The normalized spacial score (nSPS) is 12.0. The second-order valence-electron chi connectivity index (χ2n) is 5.47. The molecule has 0 aliphatic heterocycles. The summed E-state index contributed by atoms with van der Waals surface area (Å²) in [7, 11) is 1.87. The smallest absolute Gasteiger partial charge is 0.177 e. The quantitative estimate of drug-likeness (QED) is 0.866. The second kappa shape index (κ2) is 4.68. The molecular formula is C12H19N5S. The Labute approximate surface area is 112 Å². The molecular weight excluding hydrogens is 246 g/mol. The summed E-state index contributed by atoms with van der Waals surface area (Å²) in [6.45, 7) is 7.35. The van der Waals surface area contributed by atoms with Crippen LogP contribution in [-0.4, -0.2) is 24.3 Å². The van der Waals surface area contributed by atoms with Gasteiger partial charge in [0.05, 0.1) is 0 Å². The van der Waals surface area contributed by atoms with Gasteiger partial charge in [-0.05, 0) is 12.2 Å². The number of aryl methyl sites for hydroxylation is 2. The molecule has 0 aliphatic carbocycles. The number of nitrogens with one attached hydrogen (secondary N) is 1. The van der Waals surface area contributed by atoms with Crippen LogP contribution in [0.4, 0.5) is 0 Å². The van der Waals surface area contributed by atoms with Gasteiger partial charge >= 0.3 is 0 Å². The third-order valence-electron chi connectivity index (χ3n) is 2.84. The Hall–Kier alpha value is -1.43. The summed E-state index contributed by atoms with van der Waals surface area (Å²) < 4.78 is 4.61. The zero-order valence-electron chi connectivity index (χ0n) is 11.3. The van der Waals surface area contributed by atoms with Crippen molar-refractivity contribution >= 4 is 12.2 Å². The Morgan fingerprint density at radius 1 is 1.39 bits per heavy atom. The third-order valence-corrected chi connectivity index (χ3v) is 3.18. The zero-order valence-corrected chi connectivity index (χ0v) is 12.1. The fraction of sp³-hybridized carbons (Fsp3) is 0.583. The first-order valence-corrected chi connectivity index (χ1v) is 6.42. The predicted octanol–water partition coefficient (Wildman–Crippen LogP) is 2.21. The van der Waals surface area contributed by atoms with Crippen molar-refractivity contribution in [2.45, 2.75) is 39.2 Å². The van der Waals surface area contributed by atoms with Crippen LogP contribution in [0.15, 0.2) is 12.5 Å². The molecule has 1 N–H and O–H groups in total. The molecule has 6 heteroatoms. The molecule has 2 heterocycles. The lowest BCUT2D eigenvalue weighted by molar-refractivity contribution is 0.510. The summed E-state index contributed by atoms with van der Waals surface area (Å²) in [6.07, 6.45) is 4.50. The molecule has 98 valence electrons. The number of rotatable bonds is 3. The number of hydrogen-bond donors (Lipinski definition) is 1. The number of aromatic nitrogens is 5. The van der Waals surface area contributed by atoms with E-state index in [4.69, 9.17) is 12.2 Å². The molecule has 0 spiro atoms. The Kier molecular flexibility index (Phi) is 3.38. The van der Waals surface area contributed by atoms with Crippen LogP contribution in [0.25, 0.3) is 0 Å². The van der Waals surface area contributed by atoms with E-state index in [0.29, 0.717) is 0 Å². The molecule has 5 nitrogen and oxygen atoms in total. The van der Waals surface area contributed by atoms with Crippen molar-refractivity contribution in [2.24, 2.45) is 7.05 Å². The number of imidazole rings is 1. The molecule has 2 aromatic rings. The minimum Gasteiger partial charge on any atom is -0.337 e. The Morgan fingerprint density at radius 3 is 2.67 bits per heavy atom. The summed E-state index contributed by atoms with van der Waals surface area (Å²) in [4.78, 5) is 7.35.